The van der Waals surface area contributed by atoms with Gasteiger partial charge in [-0.3, -0.25) is 0 Å². The lowest BCUT2D eigenvalue weighted by Gasteiger charge is -2.37. The van der Waals surface area contributed by atoms with Crippen LogP contribution in [0.2, 0.25) is 0 Å². The first-order chi connectivity index (χ1) is 11.7. The summed E-state index contributed by atoms with van der Waals surface area (Å²) in [6.45, 7) is 4.76. The lowest BCUT2D eigenvalue weighted by molar-refractivity contribution is 0.153. The topological polar surface area (TPSA) is 72.3 Å². The molecular formula is C18H25N5O. The first kappa shape index (κ1) is 16.6. The lowest BCUT2D eigenvalue weighted by Crippen LogP contribution is -2.52. The van der Waals surface area contributed by atoms with Gasteiger partial charge >= 0.3 is 6.03 Å². The molecule has 3 rings (SSSR count). The number of likely N-dealkylation sites (tertiary alicyclic amines) is 1. The minimum Gasteiger partial charge on any atom is -0.356 e. The summed E-state index contributed by atoms with van der Waals surface area (Å²) in [5, 5.41) is 12.0. The molecule has 24 heavy (non-hydrogen) atoms. The summed E-state index contributed by atoms with van der Waals surface area (Å²) in [6, 6.07) is 6.46. The Kier molecular flexibility index (Phi) is 5.19. The van der Waals surface area contributed by atoms with Gasteiger partial charge in [0.15, 0.2) is 0 Å². The number of nitrogens with one attached hydrogen (secondary N) is 1. The summed E-state index contributed by atoms with van der Waals surface area (Å²) in [5.74, 6) is 0.906. The van der Waals surface area contributed by atoms with Crippen LogP contribution in [0.1, 0.15) is 44.6 Å². The van der Waals surface area contributed by atoms with E-state index >= 15 is 0 Å². The van der Waals surface area contributed by atoms with Gasteiger partial charge in [0.25, 0.3) is 0 Å². The fraction of sp³-hybridized carbons (Fsp3) is 0.611. The fourth-order valence-electron chi connectivity index (χ4n) is 3.55. The molecule has 2 aliphatic rings. The van der Waals surface area contributed by atoms with Gasteiger partial charge in [-0.1, -0.05) is 0 Å². The number of hydrogen-bond donors (Lipinski definition) is 1. The number of nitriles is 1. The van der Waals surface area contributed by atoms with E-state index in [0.717, 1.165) is 51.1 Å². The highest BCUT2D eigenvalue weighted by atomic mass is 16.2. The molecule has 0 radical (unpaired) electrons. The van der Waals surface area contributed by atoms with Crippen LogP contribution in [-0.2, 0) is 0 Å². The highest BCUT2D eigenvalue weighted by molar-refractivity contribution is 5.75. The number of carbonyl (C=O) groups excluding carboxylic acids is 1. The molecule has 0 aromatic carbocycles. The standard InChI is InChI=1S/C18H25N5O/c1-14-4-2-3-9-23(14)18(24)21-16-7-10-22(11-8-16)17-6-5-15(12-19)13-20-17/h5-6,13-14,16H,2-4,7-11H2,1H3,(H,21,24)/t14-/m0/s1. The van der Waals surface area contributed by atoms with Crippen LogP contribution < -0.4 is 10.2 Å². The van der Waals surface area contributed by atoms with E-state index in [1.54, 1.807) is 12.3 Å². The zero-order valence-corrected chi connectivity index (χ0v) is 14.2. The average molecular weight is 327 g/mol. The predicted molar refractivity (Wildman–Crippen MR) is 92.7 cm³/mol. The third kappa shape index (κ3) is 3.78. The molecule has 0 spiro atoms. The second-order valence-electron chi connectivity index (χ2n) is 6.77. The molecule has 6 nitrogen and oxygen atoms in total. The molecule has 3 heterocycles. The van der Waals surface area contributed by atoms with Gasteiger partial charge in [0.2, 0.25) is 0 Å². The number of pyridine rings is 1. The molecule has 0 unspecified atom stereocenters. The molecule has 2 aliphatic heterocycles. The van der Waals surface area contributed by atoms with Crippen molar-refractivity contribution in [3.63, 3.8) is 0 Å². The number of amides is 2. The number of aromatic nitrogens is 1. The van der Waals surface area contributed by atoms with Crippen LogP contribution in [0.3, 0.4) is 0 Å². The van der Waals surface area contributed by atoms with Gasteiger partial charge in [-0.15, -0.1) is 0 Å². The Morgan fingerprint density at radius 1 is 1.25 bits per heavy atom. The normalized spacial score (nSPS) is 22.1. The molecule has 0 aliphatic carbocycles. The van der Waals surface area contributed by atoms with Crippen LogP contribution in [0.4, 0.5) is 10.6 Å². The third-order valence-electron chi connectivity index (χ3n) is 5.09. The monoisotopic (exact) mass is 327 g/mol. The molecule has 0 bridgehead atoms. The molecule has 1 atom stereocenters. The Morgan fingerprint density at radius 3 is 2.67 bits per heavy atom. The van der Waals surface area contributed by atoms with Crippen LogP contribution in [0.5, 0.6) is 0 Å². The Hall–Kier alpha value is -2.29. The Bertz CT molecular complexity index is 601. The molecule has 128 valence electrons. The van der Waals surface area contributed by atoms with Crippen molar-refractivity contribution >= 4 is 11.8 Å². The zero-order chi connectivity index (χ0) is 16.9. The molecule has 2 saturated heterocycles. The van der Waals surface area contributed by atoms with E-state index in [1.807, 2.05) is 11.0 Å². The lowest BCUT2D eigenvalue weighted by atomic mass is 10.0. The SMILES string of the molecule is C[C@H]1CCCCN1C(=O)NC1CCN(c2ccc(C#N)cn2)CC1. The maximum absolute atomic E-state index is 12.5. The molecule has 2 fully saturated rings. The average Bonchev–Trinajstić information content (AvgIpc) is 2.63. The van der Waals surface area contributed by atoms with Crippen molar-refractivity contribution in [1.82, 2.24) is 15.2 Å². The van der Waals surface area contributed by atoms with E-state index in [9.17, 15) is 4.79 Å². The van der Waals surface area contributed by atoms with Gasteiger partial charge < -0.3 is 15.1 Å². The van der Waals surface area contributed by atoms with Gasteiger partial charge in [0.1, 0.15) is 11.9 Å². The summed E-state index contributed by atoms with van der Waals surface area (Å²) in [6.07, 6.45) is 6.91. The number of urea groups is 1. The van der Waals surface area contributed by atoms with Gasteiger partial charge in [-0.25, -0.2) is 9.78 Å². The van der Waals surface area contributed by atoms with Gasteiger partial charge in [-0.2, -0.15) is 5.26 Å². The summed E-state index contributed by atoms with van der Waals surface area (Å²) in [4.78, 5) is 21.0. The predicted octanol–water partition coefficient (Wildman–Crippen LogP) is 2.51. The minimum absolute atomic E-state index is 0.0946. The first-order valence-corrected chi connectivity index (χ1v) is 8.85. The Morgan fingerprint density at radius 2 is 2.04 bits per heavy atom. The summed E-state index contributed by atoms with van der Waals surface area (Å²) >= 11 is 0. The molecule has 1 aromatic rings. The zero-order valence-electron chi connectivity index (χ0n) is 14.2. The van der Waals surface area contributed by atoms with Crippen molar-refractivity contribution in [3.05, 3.63) is 23.9 Å². The summed E-state index contributed by atoms with van der Waals surface area (Å²) in [7, 11) is 0. The van der Waals surface area contributed by atoms with Crippen molar-refractivity contribution < 1.29 is 4.79 Å². The maximum Gasteiger partial charge on any atom is 0.317 e. The molecule has 1 N–H and O–H groups in total. The fourth-order valence-corrected chi connectivity index (χ4v) is 3.55. The second kappa shape index (κ2) is 7.52. The van der Waals surface area contributed by atoms with Crippen molar-refractivity contribution in [3.8, 4) is 6.07 Å². The molecule has 0 saturated carbocycles. The Balaban J connectivity index is 1.49. The highest BCUT2D eigenvalue weighted by Gasteiger charge is 2.27. The first-order valence-electron chi connectivity index (χ1n) is 8.85. The number of piperidine rings is 2. The number of anilines is 1. The maximum atomic E-state index is 12.5. The number of rotatable bonds is 2. The largest absolute Gasteiger partial charge is 0.356 e. The van der Waals surface area contributed by atoms with Crippen LogP contribution >= 0.6 is 0 Å². The smallest absolute Gasteiger partial charge is 0.317 e. The van der Waals surface area contributed by atoms with Crippen molar-refractivity contribution in [2.75, 3.05) is 24.5 Å². The van der Waals surface area contributed by atoms with E-state index in [0.29, 0.717) is 11.6 Å². The second-order valence-corrected chi connectivity index (χ2v) is 6.77. The van der Waals surface area contributed by atoms with Gasteiger partial charge in [-0.05, 0) is 51.2 Å². The minimum atomic E-state index is 0.0946. The summed E-state index contributed by atoms with van der Waals surface area (Å²) in [5.41, 5.74) is 0.580. The summed E-state index contributed by atoms with van der Waals surface area (Å²) < 4.78 is 0. The number of carbonyl (C=O) groups is 1. The van der Waals surface area contributed by atoms with Crippen LogP contribution in [0, 0.1) is 11.3 Å². The third-order valence-corrected chi connectivity index (χ3v) is 5.09. The van der Waals surface area contributed by atoms with E-state index in [-0.39, 0.29) is 12.1 Å². The van der Waals surface area contributed by atoms with Gasteiger partial charge in [0.05, 0.1) is 5.56 Å². The van der Waals surface area contributed by atoms with Crippen molar-refractivity contribution in [1.29, 1.82) is 5.26 Å². The highest BCUT2D eigenvalue weighted by Crippen LogP contribution is 2.20. The van der Waals surface area contributed by atoms with E-state index < -0.39 is 0 Å². The Labute approximate surface area is 143 Å². The quantitative estimate of drug-likeness (QED) is 0.906. The van der Waals surface area contributed by atoms with Crippen molar-refractivity contribution in [2.24, 2.45) is 0 Å². The van der Waals surface area contributed by atoms with E-state index in [1.165, 1.54) is 6.42 Å². The van der Waals surface area contributed by atoms with Crippen LogP contribution in [0.25, 0.3) is 0 Å². The molecule has 6 heteroatoms. The molecular weight excluding hydrogens is 302 g/mol. The number of nitrogens with zero attached hydrogens (tertiary/aromatic N) is 4. The van der Waals surface area contributed by atoms with E-state index in [2.05, 4.69) is 28.2 Å². The van der Waals surface area contributed by atoms with Gasteiger partial charge in [0, 0.05) is 37.9 Å². The molecule has 2 amide bonds. The molecule has 1 aromatic heterocycles. The number of hydrogen-bond acceptors (Lipinski definition) is 4. The van der Waals surface area contributed by atoms with Crippen LogP contribution in [0.15, 0.2) is 18.3 Å². The van der Waals surface area contributed by atoms with Crippen LogP contribution in [-0.4, -0.2) is 47.6 Å². The van der Waals surface area contributed by atoms with E-state index in [4.69, 9.17) is 5.26 Å². The van der Waals surface area contributed by atoms with Crippen molar-refractivity contribution in [2.45, 2.75) is 51.1 Å².